The van der Waals surface area contributed by atoms with Gasteiger partial charge in [0.05, 0.1) is 18.5 Å². The highest BCUT2D eigenvalue weighted by Gasteiger charge is 2.24. The van der Waals surface area contributed by atoms with Gasteiger partial charge in [-0.05, 0) is 30.9 Å². The average Bonchev–Trinajstić information content (AvgIpc) is 2.68. The molecule has 0 saturated carbocycles. The second-order valence-electron chi connectivity index (χ2n) is 4.49. The van der Waals surface area contributed by atoms with Crippen LogP contribution in [0.2, 0.25) is 0 Å². The maximum absolute atomic E-state index is 7.65. The Kier molecular flexibility index (Phi) is 2.80. The Balaban J connectivity index is 1.95. The summed E-state index contributed by atoms with van der Waals surface area (Å²) < 4.78 is 5.17. The summed E-state index contributed by atoms with van der Waals surface area (Å²) in [6, 6.07) is 2.06. The number of fused-ring (bicyclic) bond motifs is 1. The molecule has 2 heterocycles. The third-order valence-corrected chi connectivity index (χ3v) is 4.33. The van der Waals surface area contributed by atoms with E-state index < -0.39 is 0 Å². The number of amidine groups is 1. The molecule has 1 aromatic heterocycles. The quantitative estimate of drug-likeness (QED) is 0.626. The molecule has 4 nitrogen and oxygen atoms in total. The van der Waals surface area contributed by atoms with Crippen LogP contribution in [0.15, 0.2) is 11.1 Å². The van der Waals surface area contributed by atoms with Crippen LogP contribution in [0.5, 0.6) is 0 Å². The van der Waals surface area contributed by atoms with Crippen LogP contribution in [-0.2, 0) is 17.6 Å². The third-order valence-electron chi connectivity index (χ3n) is 3.19. The van der Waals surface area contributed by atoms with Gasteiger partial charge in [0.15, 0.2) is 0 Å². The number of nitrogens with one attached hydrogen (secondary N) is 1. The van der Waals surface area contributed by atoms with Gasteiger partial charge >= 0.3 is 0 Å². The number of pyridine rings is 1. The maximum Gasteiger partial charge on any atom is 0.125 e. The van der Waals surface area contributed by atoms with Crippen LogP contribution in [0, 0.1) is 5.41 Å². The molecule has 0 amide bonds. The Bertz CT molecular complexity index is 471. The molecule has 0 atom stereocenters. The fourth-order valence-electron chi connectivity index (χ4n) is 2.18. The minimum absolute atomic E-state index is 0.120. The molecule has 1 fully saturated rings. The van der Waals surface area contributed by atoms with Gasteiger partial charge in [0.25, 0.3) is 0 Å². The first-order valence-electron chi connectivity index (χ1n) is 5.85. The molecule has 1 aliphatic heterocycles. The van der Waals surface area contributed by atoms with Crippen LogP contribution in [0.4, 0.5) is 0 Å². The zero-order valence-corrected chi connectivity index (χ0v) is 10.3. The van der Waals surface area contributed by atoms with E-state index in [-0.39, 0.29) is 5.84 Å². The summed E-state index contributed by atoms with van der Waals surface area (Å²) in [5, 5.41) is 9.03. The predicted octanol–water partition coefficient (Wildman–Crippen LogP) is 1.35. The standard InChI is InChI=1S/C12H15N3OS/c13-11(14)9-4-7-2-1-3-10(7)15-12(9)17-8-5-16-6-8/h4,8H,1-3,5-6H2,(H3,13,14). The second-order valence-corrected chi connectivity index (χ2v) is 5.78. The number of nitrogen functional groups attached to an aromatic ring is 1. The zero-order valence-electron chi connectivity index (χ0n) is 9.53. The smallest absolute Gasteiger partial charge is 0.125 e. The molecule has 0 bridgehead atoms. The summed E-state index contributed by atoms with van der Waals surface area (Å²) in [6.45, 7) is 1.56. The first-order chi connectivity index (χ1) is 8.24. The molecular weight excluding hydrogens is 234 g/mol. The summed E-state index contributed by atoms with van der Waals surface area (Å²) in [5.41, 5.74) is 8.90. The molecule has 2 aliphatic rings. The van der Waals surface area contributed by atoms with E-state index in [0.717, 1.165) is 36.6 Å². The minimum Gasteiger partial charge on any atom is -0.384 e. The van der Waals surface area contributed by atoms with Crippen molar-refractivity contribution in [3.63, 3.8) is 0 Å². The van der Waals surface area contributed by atoms with Crippen molar-refractivity contribution in [3.8, 4) is 0 Å². The topological polar surface area (TPSA) is 72.0 Å². The van der Waals surface area contributed by atoms with Gasteiger partial charge in [0, 0.05) is 11.3 Å². The van der Waals surface area contributed by atoms with Crippen LogP contribution >= 0.6 is 11.8 Å². The average molecular weight is 249 g/mol. The largest absolute Gasteiger partial charge is 0.384 e. The van der Waals surface area contributed by atoms with Gasteiger partial charge in [-0.3, -0.25) is 5.41 Å². The molecule has 5 heteroatoms. The van der Waals surface area contributed by atoms with Crippen LogP contribution in [-0.4, -0.2) is 29.3 Å². The second kappa shape index (κ2) is 4.31. The highest BCUT2D eigenvalue weighted by molar-refractivity contribution is 8.00. The zero-order chi connectivity index (χ0) is 11.8. The monoisotopic (exact) mass is 249 g/mol. The summed E-state index contributed by atoms with van der Waals surface area (Å²) in [4.78, 5) is 4.68. The van der Waals surface area contributed by atoms with E-state index >= 15 is 0 Å². The van der Waals surface area contributed by atoms with Crippen molar-refractivity contribution in [1.29, 1.82) is 5.41 Å². The van der Waals surface area contributed by atoms with Gasteiger partial charge in [0.2, 0.25) is 0 Å². The lowest BCUT2D eigenvalue weighted by molar-refractivity contribution is 0.0454. The van der Waals surface area contributed by atoms with Crippen molar-refractivity contribution in [2.24, 2.45) is 5.73 Å². The van der Waals surface area contributed by atoms with Gasteiger partial charge in [-0.2, -0.15) is 0 Å². The number of thioether (sulfide) groups is 1. The Labute approximate surface area is 104 Å². The Morgan fingerprint density at radius 3 is 2.94 bits per heavy atom. The SMILES string of the molecule is N=C(N)c1cc2c(nc1SC1COC1)CCC2. The van der Waals surface area contributed by atoms with E-state index in [1.165, 1.54) is 17.7 Å². The molecule has 0 spiro atoms. The summed E-state index contributed by atoms with van der Waals surface area (Å²) in [6.07, 6.45) is 3.29. The van der Waals surface area contributed by atoms with E-state index in [1.807, 2.05) is 0 Å². The van der Waals surface area contributed by atoms with Crippen LogP contribution in [0.3, 0.4) is 0 Å². The number of aromatic nitrogens is 1. The molecule has 17 heavy (non-hydrogen) atoms. The maximum atomic E-state index is 7.65. The van der Waals surface area contributed by atoms with Crippen molar-refractivity contribution >= 4 is 17.6 Å². The van der Waals surface area contributed by atoms with Crippen molar-refractivity contribution in [2.75, 3.05) is 13.2 Å². The molecule has 90 valence electrons. The fourth-order valence-corrected chi connectivity index (χ4v) is 3.28. The fraction of sp³-hybridized carbons (Fsp3) is 0.500. The number of ether oxygens (including phenoxy) is 1. The van der Waals surface area contributed by atoms with Crippen LogP contribution < -0.4 is 5.73 Å². The molecule has 0 aromatic carbocycles. The number of rotatable bonds is 3. The summed E-state index contributed by atoms with van der Waals surface area (Å²) >= 11 is 1.69. The van der Waals surface area contributed by atoms with Gasteiger partial charge < -0.3 is 10.5 Å². The van der Waals surface area contributed by atoms with Gasteiger partial charge in [-0.1, -0.05) is 11.8 Å². The first-order valence-corrected chi connectivity index (χ1v) is 6.73. The number of nitrogens with two attached hydrogens (primary N) is 1. The van der Waals surface area contributed by atoms with Crippen molar-refractivity contribution < 1.29 is 4.74 Å². The van der Waals surface area contributed by atoms with Crippen molar-refractivity contribution in [3.05, 3.63) is 22.9 Å². The Hall–Kier alpha value is -1.07. The van der Waals surface area contributed by atoms with E-state index in [9.17, 15) is 0 Å². The molecule has 0 radical (unpaired) electrons. The minimum atomic E-state index is 0.120. The van der Waals surface area contributed by atoms with E-state index in [1.54, 1.807) is 11.8 Å². The molecule has 0 unspecified atom stereocenters. The lowest BCUT2D eigenvalue weighted by Crippen LogP contribution is -2.30. The lowest BCUT2D eigenvalue weighted by atomic mass is 10.1. The van der Waals surface area contributed by atoms with Gasteiger partial charge in [-0.15, -0.1) is 0 Å². The molecule has 1 saturated heterocycles. The number of hydrogen-bond donors (Lipinski definition) is 2. The van der Waals surface area contributed by atoms with Gasteiger partial charge in [-0.25, -0.2) is 4.98 Å². The summed E-state index contributed by atoms with van der Waals surface area (Å²) in [7, 11) is 0. The lowest BCUT2D eigenvalue weighted by Gasteiger charge is -2.25. The highest BCUT2D eigenvalue weighted by atomic mass is 32.2. The van der Waals surface area contributed by atoms with E-state index in [0.29, 0.717) is 5.25 Å². The molecule has 3 rings (SSSR count). The number of aryl methyl sites for hydroxylation is 2. The first kappa shape index (κ1) is 11.0. The molecular formula is C12H15N3OS. The number of hydrogen-bond acceptors (Lipinski definition) is 4. The molecule has 1 aromatic rings. The van der Waals surface area contributed by atoms with E-state index in [2.05, 4.69) is 11.1 Å². The van der Waals surface area contributed by atoms with Crippen LogP contribution in [0.25, 0.3) is 0 Å². The van der Waals surface area contributed by atoms with Crippen LogP contribution in [0.1, 0.15) is 23.2 Å². The molecule has 1 aliphatic carbocycles. The third kappa shape index (κ3) is 2.05. The normalized spacial score (nSPS) is 18.8. The number of nitrogens with zero attached hydrogens (tertiary/aromatic N) is 1. The molecule has 3 N–H and O–H groups in total. The van der Waals surface area contributed by atoms with E-state index in [4.69, 9.17) is 15.9 Å². The van der Waals surface area contributed by atoms with Crippen molar-refractivity contribution in [1.82, 2.24) is 4.98 Å². The predicted molar refractivity (Wildman–Crippen MR) is 67.7 cm³/mol. The van der Waals surface area contributed by atoms with Crippen molar-refractivity contribution in [2.45, 2.75) is 29.5 Å². The summed E-state index contributed by atoms with van der Waals surface area (Å²) in [5.74, 6) is 0.120. The highest BCUT2D eigenvalue weighted by Crippen LogP contribution is 2.32. The Morgan fingerprint density at radius 2 is 2.29 bits per heavy atom. The van der Waals surface area contributed by atoms with Gasteiger partial charge in [0.1, 0.15) is 10.9 Å². The Morgan fingerprint density at radius 1 is 1.47 bits per heavy atom.